The summed E-state index contributed by atoms with van der Waals surface area (Å²) in [7, 11) is -14.8. The highest BCUT2D eigenvalue weighted by molar-refractivity contribution is 7.66. The molecule has 5 unspecified atom stereocenters. The second-order valence-corrected chi connectivity index (χ2v) is 17.4. The molecule has 3 aliphatic rings. The molecule has 0 saturated carbocycles. The van der Waals surface area contributed by atoms with Gasteiger partial charge in [-0.3, -0.25) is 37.6 Å². The number of imidazole rings is 1. The van der Waals surface area contributed by atoms with Crippen LogP contribution in [0.4, 0.5) is 17.6 Å². The zero-order valence-corrected chi connectivity index (χ0v) is 30.0. The van der Waals surface area contributed by atoms with Crippen molar-refractivity contribution in [2.24, 2.45) is 7.05 Å². The second kappa shape index (κ2) is 14.1. The Labute approximate surface area is 295 Å². The maximum absolute atomic E-state index is 12.6. The van der Waals surface area contributed by atoms with E-state index in [2.05, 4.69) is 33.1 Å². The lowest BCUT2D eigenvalue weighted by atomic mass is 9.95. The molecule has 3 aromatic heterocycles. The lowest BCUT2D eigenvalue weighted by molar-refractivity contribution is -0.745. The number of H-pyrrole nitrogens is 2. The van der Waals surface area contributed by atoms with E-state index in [4.69, 9.17) is 20.9 Å². The van der Waals surface area contributed by atoms with E-state index in [1.165, 1.54) is 40.3 Å². The number of aliphatic hydroxyl groups excluding tert-OH is 4. The third kappa shape index (κ3) is 7.80. The Kier molecular flexibility index (Phi) is 10.5. The van der Waals surface area contributed by atoms with E-state index >= 15 is 0 Å². The minimum Gasteiger partial charge on any atom is -0.778 e. The molecule has 0 spiro atoms. The minimum absolute atomic E-state index is 0.0225. The molecule has 29 heteroatoms. The summed E-state index contributed by atoms with van der Waals surface area (Å²) in [5.74, 6) is -1.47. The zero-order chi connectivity index (χ0) is 38.9. The molecule has 53 heavy (non-hydrogen) atoms. The highest BCUT2D eigenvalue weighted by Crippen LogP contribution is 2.63. The number of rotatable bonds is 12. The van der Waals surface area contributed by atoms with Crippen LogP contribution in [0.3, 0.4) is 0 Å². The molecule has 2 fully saturated rings. The van der Waals surface area contributed by atoms with Crippen LogP contribution >= 0.6 is 23.2 Å². The van der Waals surface area contributed by atoms with Gasteiger partial charge < -0.3 is 65.1 Å². The number of aromatic amines is 2. The summed E-state index contributed by atoms with van der Waals surface area (Å²) in [6.07, 6.45) is -11.8. The number of anilines is 2. The second-order valence-electron chi connectivity index (χ2n) is 12.4. The quantitative estimate of drug-likeness (QED) is 0.0623. The first kappa shape index (κ1) is 39.4. The van der Waals surface area contributed by atoms with Crippen LogP contribution in [-0.2, 0) is 43.4 Å². The molecule has 292 valence electrons. The smallest absolute Gasteiger partial charge is 0.324 e. The molecule has 0 radical (unpaired) electrons. The number of aromatic nitrogens is 6. The summed E-state index contributed by atoms with van der Waals surface area (Å²) in [6, 6.07) is 0. The van der Waals surface area contributed by atoms with Crippen molar-refractivity contribution in [2.75, 3.05) is 31.3 Å². The fourth-order valence-corrected chi connectivity index (χ4v) is 10.4. The molecular formula is C24H33N9O17P3-. The van der Waals surface area contributed by atoms with E-state index in [-0.39, 0.29) is 34.4 Å². The highest BCUT2D eigenvalue weighted by atomic mass is 31.3. The molecule has 6 rings (SSSR count). The largest absolute Gasteiger partial charge is 0.778 e. The van der Waals surface area contributed by atoms with Gasteiger partial charge in [-0.25, -0.2) is 13.9 Å². The van der Waals surface area contributed by atoms with E-state index in [1.807, 2.05) is 0 Å². The molecular weight excluding hydrogens is 779 g/mol. The average Bonchev–Trinajstić information content (AvgIpc) is 3.71. The van der Waals surface area contributed by atoms with Crippen LogP contribution in [-0.4, -0.2) is 118 Å². The normalized spacial score (nSPS) is 31.9. The topological polar surface area (TPSA) is 403 Å². The summed E-state index contributed by atoms with van der Waals surface area (Å²) in [5, 5.41) is 42.4. The Morgan fingerprint density at radius 1 is 0.925 bits per heavy atom. The van der Waals surface area contributed by atoms with Crippen molar-refractivity contribution in [3.05, 3.63) is 32.7 Å². The molecule has 0 bridgehead atoms. The van der Waals surface area contributed by atoms with E-state index in [0.717, 1.165) is 0 Å². The van der Waals surface area contributed by atoms with E-state index < -0.39 is 108 Å². The molecule has 0 aromatic carbocycles. The van der Waals surface area contributed by atoms with Gasteiger partial charge >= 0.3 is 11.2 Å². The van der Waals surface area contributed by atoms with Gasteiger partial charge in [0.25, 0.3) is 32.8 Å². The van der Waals surface area contributed by atoms with Crippen LogP contribution in [0.1, 0.15) is 24.3 Å². The molecule has 12 atom stereocenters. The van der Waals surface area contributed by atoms with Crippen LogP contribution < -0.4 is 41.8 Å². The van der Waals surface area contributed by atoms with Crippen LogP contribution in [0.15, 0.2) is 15.9 Å². The summed E-state index contributed by atoms with van der Waals surface area (Å²) in [6.45, 7) is -1.13. The number of ether oxygens (including phenoxy) is 2. The van der Waals surface area contributed by atoms with E-state index in [1.54, 1.807) is 0 Å². The van der Waals surface area contributed by atoms with Gasteiger partial charge in [0.2, 0.25) is 17.7 Å². The van der Waals surface area contributed by atoms with Crippen molar-refractivity contribution < 1.29 is 80.6 Å². The number of hydrogen-bond donors (Lipinski definition) is 8. The number of nitrogens with two attached hydrogens (primary N) is 2. The lowest BCUT2D eigenvalue weighted by Gasteiger charge is -2.35. The van der Waals surface area contributed by atoms with Crippen molar-refractivity contribution in [3.63, 3.8) is 0 Å². The number of phosphoric ester groups is 1. The zero-order valence-electron chi connectivity index (χ0n) is 27.3. The number of nitrogens with zero attached hydrogens (tertiary/aromatic N) is 5. The van der Waals surface area contributed by atoms with Gasteiger partial charge in [-0.15, -0.1) is 0 Å². The Balaban J connectivity index is 1.04. The Bertz CT molecular complexity index is 2230. The van der Waals surface area contributed by atoms with Crippen molar-refractivity contribution >= 4 is 58.2 Å². The fraction of sp³-hybridized carbons (Fsp3) is 0.583. The van der Waals surface area contributed by atoms with Gasteiger partial charge in [0, 0.05) is 6.16 Å². The molecule has 3 aromatic rings. The number of nitrogens with one attached hydrogen (secondary N) is 2. The van der Waals surface area contributed by atoms with Gasteiger partial charge in [0.1, 0.15) is 62.9 Å². The monoisotopic (exact) mass is 812 g/mol. The first-order chi connectivity index (χ1) is 24.6. The van der Waals surface area contributed by atoms with Gasteiger partial charge in [0.15, 0.2) is 12.5 Å². The SMILES string of the molecule is Cn1c[n+]([C@@H]2OC(CCP(=O)([O-])OP(=O)([O-])OP(=O)([O-])OC[C@H]3OC([C@H]4C=[N+](C)c5c4nc(N)[nH]c5=O)[C@H](O)[C@@H]3O)[C@@H](O)[C@H]2O)c2nc(N)[nH]c(=O)c21. The van der Waals surface area contributed by atoms with Gasteiger partial charge in [0.05, 0.1) is 19.8 Å². The van der Waals surface area contributed by atoms with Gasteiger partial charge in [-0.2, -0.15) is 4.58 Å². The standard InChI is InChI=1S/C24H34N9O17P3/c1-31-5-8(11-12(31)20(38)29-23(25)27-11)18-16(36)15(35)10(47-18)6-46-52(42,43)50-53(44,45)49-51(40,41)4-3-9-14(34)17(37)22(48-9)33-7-32(2)13-19(33)28-24(26)30-21(13)39/h5,7-10,14-18,22,34-37H,3-4,6H2,1-2H3,(H7-2,25,26,27,28,29,30,38,39,40,41,42,43,44,45)/p-1/t8-,9?,10+,14+,15+,16+,17+,18?,22+/m0/s1. The third-order valence-corrected chi connectivity index (χ3v) is 13.3. The Morgan fingerprint density at radius 3 is 2.26 bits per heavy atom. The van der Waals surface area contributed by atoms with Gasteiger partial charge in [-0.05, 0) is 6.42 Å². The average molecular weight is 812 g/mol. The van der Waals surface area contributed by atoms with Crippen LogP contribution in [0.5, 0.6) is 0 Å². The fourth-order valence-electron chi connectivity index (χ4n) is 6.37. The molecule has 10 N–H and O–H groups in total. The first-order valence-electron chi connectivity index (χ1n) is 15.3. The first-order valence-corrected chi connectivity index (χ1v) is 20.0. The summed E-state index contributed by atoms with van der Waals surface area (Å²) < 4.78 is 64.8. The number of hydrogen-bond acceptors (Lipinski definition) is 21. The Morgan fingerprint density at radius 2 is 1.57 bits per heavy atom. The third-order valence-electron chi connectivity index (χ3n) is 8.66. The number of fused-ring (bicyclic) bond motifs is 2. The number of aryl methyl sites for hydroxylation is 1. The Hall–Kier alpha value is -3.29. The number of phosphoric acid groups is 2. The van der Waals surface area contributed by atoms with Crippen LogP contribution in [0, 0.1) is 0 Å². The lowest BCUT2D eigenvalue weighted by Crippen LogP contribution is -2.46. The minimum atomic E-state index is -6.24. The van der Waals surface area contributed by atoms with Crippen molar-refractivity contribution in [2.45, 2.75) is 61.3 Å². The predicted molar refractivity (Wildman–Crippen MR) is 167 cm³/mol. The summed E-state index contributed by atoms with van der Waals surface area (Å²) in [4.78, 5) is 74.6. The maximum Gasteiger partial charge on any atom is 0.324 e. The highest BCUT2D eigenvalue weighted by Gasteiger charge is 2.52. The summed E-state index contributed by atoms with van der Waals surface area (Å²) >= 11 is 0. The maximum atomic E-state index is 12.6. The van der Waals surface area contributed by atoms with Crippen molar-refractivity contribution in [3.8, 4) is 0 Å². The van der Waals surface area contributed by atoms with Crippen LogP contribution in [0.25, 0.3) is 11.2 Å². The molecule has 26 nitrogen and oxygen atoms in total. The van der Waals surface area contributed by atoms with Crippen molar-refractivity contribution in [1.82, 2.24) is 24.5 Å². The van der Waals surface area contributed by atoms with Gasteiger partial charge in [-0.1, -0.05) is 4.98 Å². The number of aliphatic hydroxyl groups is 4. The van der Waals surface area contributed by atoms with Crippen LogP contribution in [0.2, 0.25) is 0 Å². The van der Waals surface area contributed by atoms with Crippen molar-refractivity contribution in [1.29, 1.82) is 0 Å². The molecule has 2 saturated heterocycles. The number of nitrogen functional groups attached to an aromatic ring is 2. The molecule has 6 heterocycles. The molecule has 0 amide bonds. The molecule has 0 aliphatic carbocycles. The van der Waals surface area contributed by atoms with E-state index in [9.17, 15) is 58.4 Å². The predicted octanol–water partition coefficient (Wildman–Crippen LogP) is -6.02. The van der Waals surface area contributed by atoms with E-state index in [0.29, 0.717) is 0 Å². The molecule has 3 aliphatic heterocycles. The summed E-state index contributed by atoms with van der Waals surface area (Å²) in [5.41, 5.74) is 10.2.